The van der Waals surface area contributed by atoms with Crippen molar-refractivity contribution in [3.8, 4) is 0 Å². The molecular weight excluding hydrogens is 815 g/mol. The smallest absolute Gasteiger partial charge is 0.306 e. The van der Waals surface area contributed by atoms with Gasteiger partial charge in [0.05, 0.1) is 25.2 Å². The molecule has 0 radical (unpaired) electrons. The number of aliphatic hydroxyl groups is 2. The van der Waals surface area contributed by atoms with Gasteiger partial charge in [0.1, 0.15) is 6.10 Å². The Balaban J connectivity index is 4.54. The van der Waals surface area contributed by atoms with Crippen molar-refractivity contribution in [3.05, 3.63) is 60.8 Å². The van der Waals surface area contributed by atoms with Gasteiger partial charge >= 0.3 is 5.97 Å². The first-order valence-corrected chi connectivity index (χ1v) is 28.6. The van der Waals surface area contributed by atoms with Gasteiger partial charge in [-0.05, 0) is 70.6 Å². The Morgan fingerprint density at radius 1 is 0.455 bits per heavy atom. The number of allylic oxidation sites excluding steroid dienone is 10. The van der Waals surface area contributed by atoms with Crippen molar-refractivity contribution in [2.75, 3.05) is 6.61 Å². The third-order valence-electron chi connectivity index (χ3n) is 12.9. The second-order valence-electron chi connectivity index (χ2n) is 19.4. The lowest BCUT2D eigenvalue weighted by Gasteiger charge is -2.24. The van der Waals surface area contributed by atoms with E-state index in [9.17, 15) is 19.8 Å². The van der Waals surface area contributed by atoms with E-state index in [-0.39, 0.29) is 24.9 Å². The summed E-state index contributed by atoms with van der Waals surface area (Å²) in [6.07, 6.45) is 67.2. The standard InChI is InChI=1S/C60H109NO5/c1-4-7-10-13-16-19-22-25-27-29-31-34-37-40-43-46-49-52-58(63)57(55-62)61-59(64)54-56(51-48-45-42-39-36-33-24-21-18-15-12-9-6-3)66-60(65)53-50-47-44-41-38-35-32-30-28-26-23-20-17-14-11-8-5-2/h9,12,15,18,21,24,26,28,33,36,56-58,62-63H,4-8,10-11,13-14,16-17,19-20,22-23,25,27,29-32,34-35,37-55H2,1-3H3,(H,61,64)/b12-9+,18-15+,24-21+,28-26+,36-33-. The fourth-order valence-electron chi connectivity index (χ4n) is 8.61. The Morgan fingerprint density at radius 2 is 0.833 bits per heavy atom. The first-order valence-electron chi connectivity index (χ1n) is 28.6. The van der Waals surface area contributed by atoms with Gasteiger partial charge in [0, 0.05) is 6.42 Å². The molecule has 0 aromatic carbocycles. The van der Waals surface area contributed by atoms with Crippen LogP contribution in [0.3, 0.4) is 0 Å². The molecule has 0 bridgehead atoms. The molecule has 0 aliphatic heterocycles. The van der Waals surface area contributed by atoms with Crippen LogP contribution in [0, 0.1) is 0 Å². The molecule has 3 N–H and O–H groups in total. The summed E-state index contributed by atoms with van der Waals surface area (Å²) < 4.78 is 5.93. The van der Waals surface area contributed by atoms with Crippen molar-refractivity contribution in [2.45, 2.75) is 302 Å². The van der Waals surface area contributed by atoms with Gasteiger partial charge in [0.15, 0.2) is 0 Å². The number of carbonyl (C=O) groups is 2. The molecule has 384 valence electrons. The number of aliphatic hydroxyl groups excluding tert-OH is 2. The van der Waals surface area contributed by atoms with E-state index < -0.39 is 18.2 Å². The molecule has 1 amide bonds. The summed E-state index contributed by atoms with van der Waals surface area (Å²) >= 11 is 0. The van der Waals surface area contributed by atoms with Crippen LogP contribution in [0.2, 0.25) is 0 Å². The van der Waals surface area contributed by atoms with Crippen LogP contribution in [0.25, 0.3) is 0 Å². The van der Waals surface area contributed by atoms with Crippen molar-refractivity contribution < 1.29 is 24.5 Å². The molecule has 0 aromatic rings. The molecule has 0 fully saturated rings. The first kappa shape index (κ1) is 63.6. The summed E-state index contributed by atoms with van der Waals surface area (Å²) in [5, 5.41) is 23.9. The maximum absolute atomic E-state index is 13.2. The first-order chi connectivity index (χ1) is 32.5. The second-order valence-corrected chi connectivity index (χ2v) is 19.4. The predicted molar refractivity (Wildman–Crippen MR) is 287 cm³/mol. The van der Waals surface area contributed by atoms with E-state index in [0.29, 0.717) is 19.3 Å². The normalized spacial score (nSPS) is 13.6. The van der Waals surface area contributed by atoms with Crippen molar-refractivity contribution in [2.24, 2.45) is 0 Å². The number of rotatable bonds is 51. The minimum Gasteiger partial charge on any atom is -0.462 e. The van der Waals surface area contributed by atoms with E-state index in [1.165, 1.54) is 167 Å². The molecule has 0 saturated heterocycles. The third-order valence-corrected chi connectivity index (χ3v) is 12.9. The van der Waals surface area contributed by atoms with E-state index >= 15 is 0 Å². The van der Waals surface area contributed by atoms with Crippen molar-refractivity contribution >= 4 is 11.9 Å². The highest BCUT2D eigenvalue weighted by Gasteiger charge is 2.24. The van der Waals surface area contributed by atoms with Crippen molar-refractivity contribution in [3.63, 3.8) is 0 Å². The zero-order chi connectivity index (χ0) is 48.1. The number of amides is 1. The molecule has 0 aliphatic rings. The lowest BCUT2D eigenvalue weighted by molar-refractivity contribution is -0.151. The van der Waals surface area contributed by atoms with Gasteiger partial charge in [-0.15, -0.1) is 0 Å². The molecule has 6 heteroatoms. The Morgan fingerprint density at radius 3 is 1.30 bits per heavy atom. The van der Waals surface area contributed by atoms with E-state index in [4.69, 9.17) is 4.74 Å². The molecule has 0 aliphatic carbocycles. The molecule has 3 atom stereocenters. The molecule has 0 rings (SSSR count). The van der Waals surface area contributed by atoms with Crippen LogP contribution in [0.4, 0.5) is 0 Å². The summed E-state index contributed by atoms with van der Waals surface area (Å²) in [7, 11) is 0. The van der Waals surface area contributed by atoms with Gasteiger partial charge in [-0.2, -0.15) is 0 Å². The van der Waals surface area contributed by atoms with Gasteiger partial charge in [-0.3, -0.25) is 9.59 Å². The number of ether oxygens (including phenoxy) is 1. The van der Waals surface area contributed by atoms with Crippen molar-refractivity contribution in [1.82, 2.24) is 5.32 Å². The number of unbranched alkanes of at least 4 members (excludes halogenated alkanes) is 32. The molecular formula is C60H109NO5. The van der Waals surface area contributed by atoms with E-state index in [2.05, 4.69) is 62.5 Å². The Kier molecular flexibility index (Phi) is 51.5. The maximum Gasteiger partial charge on any atom is 0.306 e. The molecule has 0 aromatic heterocycles. The zero-order valence-corrected chi connectivity index (χ0v) is 43.8. The Labute approximate surface area is 409 Å². The minimum absolute atomic E-state index is 0.0496. The summed E-state index contributed by atoms with van der Waals surface area (Å²) in [4.78, 5) is 26.2. The van der Waals surface area contributed by atoms with Gasteiger partial charge in [-0.1, -0.05) is 261 Å². The maximum atomic E-state index is 13.2. The predicted octanol–water partition coefficient (Wildman–Crippen LogP) is 17.6. The minimum atomic E-state index is -0.801. The summed E-state index contributed by atoms with van der Waals surface area (Å²) in [5.74, 6) is -0.511. The Hall–Kier alpha value is -2.44. The fourth-order valence-corrected chi connectivity index (χ4v) is 8.61. The van der Waals surface area contributed by atoms with Gasteiger partial charge in [0.25, 0.3) is 0 Å². The molecule has 6 nitrogen and oxygen atoms in total. The summed E-state index contributed by atoms with van der Waals surface area (Å²) in [5.41, 5.74) is 0. The van der Waals surface area contributed by atoms with Crippen LogP contribution in [0.15, 0.2) is 60.8 Å². The molecule has 0 spiro atoms. The van der Waals surface area contributed by atoms with Gasteiger partial charge < -0.3 is 20.3 Å². The summed E-state index contributed by atoms with van der Waals surface area (Å²) in [6.45, 7) is 6.35. The quantitative estimate of drug-likeness (QED) is 0.0244. The number of hydrogen-bond acceptors (Lipinski definition) is 5. The van der Waals surface area contributed by atoms with Crippen LogP contribution < -0.4 is 5.32 Å². The number of carbonyl (C=O) groups excluding carboxylic acids is 2. The van der Waals surface area contributed by atoms with Gasteiger partial charge in [-0.25, -0.2) is 0 Å². The van der Waals surface area contributed by atoms with Crippen LogP contribution in [0.5, 0.6) is 0 Å². The number of nitrogens with one attached hydrogen (secondary N) is 1. The van der Waals surface area contributed by atoms with Crippen LogP contribution in [-0.4, -0.2) is 46.9 Å². The third kappa shape index (κ3) is 48.0. The van der Waals surface area contributed by atoms with Crippen LogP contribution >= 0.6 is 0 Å². The Bertz CT molecular complexity index is 1170. The molecule has 0 heterocycles. The number of esters is 1. The highest BCUT2D eigenvalue weighted by Crippen LogP contribution is 2.18. The van der Waals surface area contributed by atoms with Crippen LogP contribution in [-0.2, 0) is 14.3 Å². The molecule has 0 saturated carbocycles. The van der Waals surface area contributed by atoms with E-state index in [1.807, 2.05) is 24.3 Å². The average molecular weight is 925 g/mol. The topological polar surface area (TPSA) is 95.9 Å². The lowest BCUT2D eigenvalue weighted by Crippen LogP contribution is -2.46. The molecule has 66 heavy (non-hydrogen) atoms. The summed E-state index contributed by atoms with van der Waals surface area (Å²) in [6, 6.07) is -0.717. The SMILES string of the molecule is CC/C=C/C=C/C=C/C=C\CCCCCC(CC(=O)NC(CO)C(O)CCCCCCCCCCCCCCCCCCC)OC(=O)CCCCCCCCC/C=C/CCCCCCCC. The average Bonchev–Trinajstić information content (AvgIpc) is 3.31. The van der Waals surface area contributed by atoms with E-state index in [0.717, 1.165) is 70.6 Å². The monoisotopic (exact) mass is 924 g/mol. The molecule has 3 unspecified atom stereocenters. The van der Waals surface area contributed by atoms with Crippen LogP contribution in [0.1, 0.15) is 284 Å². The fraction of sp³-hybridized carbons (Fsp3) is 0.800. The lowest BCUT2D eigenvalue weighted by atomic mass is 10.0. The number of hydrogen-bond donors (Lipinski definition) is 3. The zero-order valence-electron chi connectivity index (χ0n) is 43.8. The van der Waals surface area contributed by atoms with E-state index in [1.54, 1.807) is 0 Å². The van der Waals surface area contributed by atoms with Gasteiger partial charge in [0.2, 0.25) is 5.91 Å². The largest absolute Gasteiger partial charge is 0.462 e. The van der Waals surface area contributed by atoms with Crippen molar-refractivity contribution in [1.29, 1.82) is 0 Å². The highest BCUT2D eigenvalue weighted by atomic mass is 16.5. The second kappa shape index (κ2) is 53.5. The highest BCUT2D eigenvalue weighted by molar-refractivity contribution is 5.77.